The molecule has 0 spiro atoms. The van der Waals surface area contributed by atoms with Crippen molar-refractivity contribution in [2.45, 2.75) is 27.7 Å². The van der Waals surface area contributed by atoms with Gasteiger partial charge in [0.25, 0.3) is 0 Å². The number of nitrogens with zero attached hydrogens (tertiary/aromatic N) is 16. The van der Waals surface area contributed by atoms with Crippen LogP contribution >= 0.6 is 31.2 Å². The molecule has 0 aliphatic rings. The fraction of sp³-hybridized carbons (Fsp3) is 0.0588. The Balaban J connectivity index is 0. The van der Waals surface area contributed by atoms with Gasteiger partial charge in [-0.05, 0) is 146 Å². The monoisotopic (exact) mass is 1790 g/mol. The first kappa shape index (κ1) is 105. The van der Waals surface area contributed by atoms with Crippen LogP contribution in [0.5, 0.6) is 0 Å². The maximum atomic E-state index is 9.87. The van der Waals surface area contributed by atoms with E-state index in [2.05, 4.69) is 59.8 Å². The van der Waals surface area contributed by atoms with Crippen LogP contribution in [-0.2, 0) is 34.1 Å². The molecule has 12 aromatic rings. The summed E-state index contributed by atoms with van der Waals surface area (Å²) >= 11 is 0. The average molecular weight is 1790 g/mol. The van der Waals surface area contributed by atoms with Crippen LogP contribution in [0.4, 0.5) is 101 Å². The van der Waals surface area contributed by atoms with Gasteiger partial charge in [0, 0.05) is 77.3 Å². The van der Waals surface area contributed by atoms with E-state index in [0.29, 0.717) is 0 Å². The second-order valence-corrected chi connectivity index (χ2v) is 27.7. The molecular formula is C68H56F24Fe2N16P4. The minimum absolute atomic E-state index is 0. The molecule has 612 valence electrons. The van der Waals surface area contributed by atoms with Gasteiger partial charge in [0.05, 0.1) is 115 Å². The minimum atomic E-state index is -10.7. The quantitative estimate of drug-likeness (QED) is 0.0779. The molecule has 0 aliphatic carbocycles. The molecule has 16 nitrogen and oxygen atoms in total. The van der Waals surface area contributed by atoms with E-state index < -0.39 is 31.2 Å². The summed E-state index contributed by atoms with van der Waals surface area (Å²) in [5.41, 5.74) is 13.8. The fourth-order valence-electron chi connectivity index (χ4n) is 6.99. The molecule has 12 aromatic heterocycles. The van der Waals surface area contributed by atoms with Crippen LogP contribution in [0, 0.1) is 45.3 Å². The van der Waals surface area contributed by atoms with Crippen LogP contribution < -0.4 is 0 Å². The van der Waals surface area contributed by atoms with E-state index in [1.807, 2.05) is 218 Å². The third kappa shape index (κ3) is 64.5. The van der Waals surface area contributed by atoms with Crippen molar-refractivity contribution in [3.05, 3.63) is 268 Å². The van der Waals surface area contributed by atoms with Gasteiger partial charge < -0.3 is 0 Å². The van der Waals surface area contributed by atoms with E-state index in [4.69, 9.17) is 21.0 Å². The topological polar surface area (TPSA) is 250 Å². The van der Waals surface area contributed by atoms with Gasteiger partial charge in [-0.3, -0.25) is 39.9 Å². The van der Waals surface area contributed by atoms with Gasteiger partial charge in [-0.2, -0.15) is 21.0 Å². The Morgan fingerprint density at radius 1 is 0.175 bits per heavy atom. The summed E-state index contributed by atoms with van der Waals surface area (Å²) in [5.74, 6) is 0. The fourth-order valence-corrected chi connectivity index (χ4v) is 6.99. The van der Waals surface area contributed by atoms with Gasteiger partial charge in [-0.25, -0.2) is 19.9 Å². The van der Waals surface area contributed by atoms with Gasteiger partial charge in [0.15, 0.2) is 0 Å². The van der Waals surface area contributed by atoms with Crippen molar-refractivity contribution in [3.8, 4) is 115 Å². The van der Waals surface area contributed by atoms with E-state index in [0.717, 1.165) is 91.1 Å². The number of pyridine rings is 12. The maximum Gasteiger partial charge on any atom is 2.00 e. The van der Waals surface area contributed by atoms with Crippen molar-refractivity contribution in [3.63, 3.8) is 0 Å². The molecule has 0 aliphatic heterocycles. The zero-order valence-corrected chi connectivity index (χ0v) is 63.9. The molecule has 12 heterocycles. The SMILES string of the molecule is CC#N.CC#N.CC#N.CC#N.F[P-](F)(F)(F)(F)F.F[P-](F)(F)(F)(F)F.F[P-](F)(F)(F)(F)F.F[P-](F)(F)(F)(F)F.[Fe+2].[Fe+2].c1ccc(-c2cccc(-c3ccccn3)n2)nc1.c1ccc(-c2cccc(-c3ccccn3)n2)nc1.c1ccc(-c2cccc(-c3ccccn3)n2)nc1.c1ccc(-c2cccc(-c3ccccn3)n2)nc1. The summed E-state index contributed by atoms with van der Waals surface area (Å²) in [4.78, 5) is 52.8. The smallest absolute Gasteiger partial charge is 0.255 e. The molecular weight excluding hydrogens is 1730 g/mol. The van der Waals surface area contributed by atoms with E-state index >= 15 is 0 Å². The first-order valence-corrected chi connectivity index (χ1v) is 38.0. The van der Waals surface area contributed by atoms with Crippen LogP contribution in [0.1, 0.15) is 27.7 Å². The van der Waals surface area contributed by atoms with Crippen molar-refractivity contribution in [2.75, 3.05) is 0 Å². The summed E-state index contributed by atoms with van der Waals surface area (Å²) < 4.78 is 237. The predicted octanol–water partition coefficient (Wildman–Crippen LogP) is 28.5. The Morgan fingerprint density at radius 3 is 0.325 bits per heavy atom. The van der Waals surface area contributed by atoms with Crippen molar-refractivity contribution >= 4 is 31.2 Å². The van der Waals surface area contributed by atoms with Crippen LogP contribution in [0.15, 0.2) is 268 Å². The van der Waals surface area contributed by atoms with Gasteiger partial charge in [-0.15, -0.1) is 0 Å². The number of aromatic nitrogens is 12. The zero-order chi connectivity index (χ0) is 85.3. The van der Waals surface area contributed by atoms with Crippen molar-refractivity contribution in [1.29, 1.82) is 21.0 Å². The maximum absolute atomic E-state index is 10.7. The molecule has 0 aromatic carbocycles. The van der Waals surface area contributed by atoms with Crippen molar-refractivity contribution in [1.82, 2.24) is 59.8 Å². The Labute approximate surface area is 654 Å². The van der Waals surface area contributed by atoms with Gasteiger partial charge >= 0.3 is 166 Å². The first-order chi connectivity index (χ1) is 51.2. The molecule has 0 N–H and O–H groups in total. The number of rotatable bonds is 8. The van der Waals surface area contributed by atoms with Gasteiger partial charge in [-0.1, -0.05) is 72.8 Å². The summed E-state index contributed by atoms with van der Waals surface area (Å²) in [5, 5.41) is 29.3. The van der Waals surface area contributed by atoms with E-state index in [-0.39, 0.29) is 34.1 Å². The summed E-state index contributed by atoms with van der Waals surface area (Å²) in [6, 6.07) is 76.9. The van der Waals surface area contributed by atoms with Gasteiger partial charge in [0.1, 0.15) is 0 Å². The van der Waals surface area contributed by atoms with Crippen LogP contribution in [0.3, 0.4) is 0 Å². The minimum Gasteiger partial charge on any atom is -0.255 e. The van der Waals surface area contributed by atoms with Crippen molar-refractivity contribution in [2.24, 2.45) is 0 Å². The standard InChI is InChI=1S/4C15H11N3.4C2H3N.4F6P.2Fe/c4*1-3-10-16-12(6-1)14-8-5-9-15(18-14)13-7-2-4-11-17-13;4*1-2-3;4*1-7(2,3,4,5)6;;/h4*1-11H;4*1H3;;;;;;/q;;;;;;;;4*-1;2*+2. The molecule has 0 fully saturated rings. The second kappa shape index (κ2) is 42.1. The van der Waals surface area contributed by atoms with E-state index in [1.54, 1.807) is 73.9 Å². The first-order valence-electron chi connectivity index (χ1n) is 29.9. The number of hydrogen-bond acceptors (Lipinski definition) is 16. The zero-order valence-electron chi connectivity index (χ0n) is 58.1. The molecule has 114 heavy (non-hydrogen) atoms. The predicted molar refractivity (Wildman–Crippen MR) is 382 cm³/mol. The van der Waals surface area contributed by atoms with Gasteiger partial charge in [0.2, 0.25) is 0 Å². The van der Waals surface area contributed by atoms with Crippen LogP contribution in [0.25, 0.3) is 91.1 Å². The molecule has 0 bridgehead atoms. The molecule has 0 atom stereocenters. The van der Waals surface area contributed by atoms with Crippen molar-refractivity contribution < 1.29 is 135 Å². The molecule has 0 saturated carbocycles. The molecule has 0 unspecified atom stereocenters. The van der Waals surface area contributed by atoms with Crippen LogP contribution in [-0.4, -0.2) is 59.8 Å². The Hall–Kier alpha value is -11.2. The van der Waals surface area contributed by atoms with E-state index in [1.165, 1.54) is 27.7 Å². The third-order valence-electron chi connectivity index (χ3n) is 10.4. The van der Waals surface area contributed by atoms with E-state index in [9.17, 15) is 101 Å². The average Bonchev–Trinajstić information content (AvgIpc) is 0.797. The Bertz CT molecular complexity index is 4100. The molecule has 0 radical (unpaired) electrons. The largest absolute Gasteiger partial charge is 2.00 e. The third-order valence-corrected chi connectivity index (χ3v) is 10.4. The Kier molecular flexibility index (Phi) is 38.7. The molecule has 0 amide bonds. The summed E-state index contributed by atoms with van der Waals surface area (Å²) in [6.07, 6.45) is 14.1. The summed E-state index contributed by atoms with van der Waals surface area (Å²) in [6.45, 7) is 5.72. The number of hydrogen-bond donors (Lipinski definition) is 0. The number of halogens is 24. The second-order valence-electron chi connectivity index (χ2n) is 20.1. The molecule has 46 heteroatoms. The summed E-state index contributed by atoms with van der Waals surface area (Å²) in [7, 11) is -42.6. The molecule has 0 saturated heterocycles. The normalized spacial score (nSPS) is 12.4. The number of nitriles is 4. The Morgan fingerprint density at radius 2 is 0.254 bits per heavy atom. The van der Waals surface area contributed by atoms with Crippen LogP contribution in [0.2, 0.25) is 0 Å². The molecule has 12 rings (SSSR count).